The number of aromatic nitrogens is 2. The van der Waals surface area contributed by atoms with Crippen LogP contribution in [-0.2, 0) is 6.54 Å². The molecule has 0 aliphatic carbocycles. The van der Waals surface area contributed by atoms with Gasteiger partial charge in [-0.1, -0.05) is 30.3 Å². The molecule has 1 heterocycles. The predicted octanol–water partition coefficient (Wildman–Crippen LogP) is 1.26. The van der Waals surface area contributed by atoms with E-state index < -0.39 is 0 Å². The summed E-state index contributed by atoms with van der Waals surface area (Å²) >= 11 is 0. The molecular weight excluding hydrogens is 214 g/mol. The van der Waals surface area contributed by atoms with Gasteiger partial charge in [-0.2, -0.15) is 5.10 Å². The van der Waals surface area contributed by atoms with Crippen LogP contribution >= 0.6 is 0 Å². The molecule has 0 saturated carbocycles. The summed E-state index contributed by atoms with van der Waals surface area (Å²) in [6.45, 7) is 0.751. The van der Waals surface area contributed by atoms with E-state index in [4.69, 9.17) is 10.8 Å². The lowest BCUT2D eigenvalue weighted by Gasteiger charge is -2.07. The molecule has 0 aliphatic rings. The Hall–Kier alpha value is -1.65. The zero-order chi connectivity index (χ0) is 12.1. The number of nitrogens with zero attached hydrogens (tertiary/aromatic N) is 2. The molecule has 17 heavy (non-hydrogen) atoms. The van der Waals surface area contributed by atoms with Crippen molar-refractivity contribution >= 4 is 0 Å². The van der Waals surface area contributed by atoms with Crippen LogP contribution in [0, 0.1) is 0 Å². The first kappa shape index (κ1) is 11.8. The summed E-state index contributed by atoms with van der Waals surface area (Å²) in [6, 6.07) is 9.96. The highest BCUT2D eigenvalue weighted by Gasteiger charge is 2.03. The molecule has 0 amide bonds. The Morgan fingerprint density at radius 1 is 1.24 bits per heavy atom. The zero-order valence-corrected chi connectivity index (χ0v) is 9.66. The van der Waals surface area contributed by atoms with Crippen LogP contribution in [0.4, 0.5) is 0 Å². The monoisotopic (exact) mass is 231 g/mol. The fraction of sp³-hybridized carbons (Fsp3) is 0.308. The average Bonchev–Trinajstić information content (AvgIpc) is 2.86. The molecule has 1 atom stereocenters. The molecule has 0 radical (unpaired) electrons. The van der Waals surface area contributed by atoms with E-state index in [1.165, 1.54) is 0 Å². The van der Waals surface area contributed by atoms with Gasteiger partial charge in [-0.3, -0.25) is 4.68 Å². The quantitative estimate of drug-likeness (QED) is 0.814. The minimum atomic E-state index is -0.167. The summed E-state index contributed by atoms with van der Waals surface area (Å²) in [7, 11) is 0. The van der Waals surface area contributed by atoms with Gasteiger partial charge in [0.05, 0.1) is 12.8 Å². The molecule has 2 aromatic rings. The maximum absolute atomic E-state index is 8.84. The second kappa shape index (κ2) is 5.61. The Morgan fingerprint density at radius 3 is 2.71 bits per heavy atom. The van der Waals surface area contributed by atoms with Crippen molar-refractivity contribution in [1.29, 1.82) is 0 Å². The van der Waals surface area contributed by atoms with Crippen molar-refractivity contribution < 1.29 is 5.11 Å². The minimum Gasteiger partial charge on any atom is -0.395 e. The maximum atomic E-state index is 8.84. The number of aliphatic hydroxyl groups excluding tert-OH is 1. The van der Waals surface area contributed by atoms with Gasteiger partial charge in [-0.15, -0.1) is 0 Å². The van der Waals surface area contributed by atoms with Crippen LogP contribution in [0.2, 0.25) is 0 Å². The first-order valence-corrected chi connectivity index (χ1v) is 5.74. The number of rotatable bonds is 5. The van der Waals surface area contributed by atoms with Crippen molar-refractivity contribution in [3.8, 4) is 11.1 Å². The topological polar surface area (TPSA) is 64.1 Å². The van der Waals surface area contributed by atoms with E-state index in [1.54, 1.807) is 0 Å². The van der Waals surface area contributed by atoms with Gasteiger partial charge < -0.3 is 10.8 Å². The summed E-state index contributed by atoms with van der Waals surface area (Å²) in [5, 5.41) is 13.1. The zero-order valence-electron chi connectivity index (χ0n) is 9.66. The number of benzene rings is 1. The fourth-order valence-electron chi connectivity index (χ4n) is 1.65. The highest BCUT2D eigenvalue weighted by molar-refractivity contribution is 5.61. The third kappa shape index (κ3) is 3.15. The van der Waals surface area contributed by atoms with Gasteiger partial charge in [0, 0.05) is 24.3 Å². The molecule has 4 nitrogen and oxygen atoms in total. The molecular formula is C13H17N3O. The van der Waals surface area contributed by atoms with Gasteiger partial charge in [0.15, 0.2) is 0 Å². The van der Waals surface area contributed by atoms with E-state index in [0.29, 0.717) is 0 Å². The Kier molecular flexibility index (Phi) is 3.90. The van der Waals surface area contributed by atoms with E-state index in [9.17, 15) is 0 Å². The Balaban J connectivity index is 2.01. The number of nitrogens with two attached hydrogens (primary N) is 1. The highest BCUT2D eigenvalue weighted by Crippen LogP contribution is 2.17. The van der Waals surface area contributed by atoms with Gasteiger partial charge in [0.2, 0.25) is 0 Å². The van der Waals surface area contributed by atoms with Crippen LogP contribution in [-0.4, -0.2) is 27.5 Å². The third-order valence-corrected chi connectivity index (χ3v) is 2.70. The van der Waals surface area contributed by atoms with Crippen molar-refractivity contribution in [3.05, 3.63) is 42.7 Å². The molecule has 0 saturated heterocycles. The van der Waals surface area contributed by atoms with Crippen LogP contribution < -0.4 is 5.73 Å². The van der Waals surface area contributed by atoms with Gasteiger partial charge >= 0.3 is 0 Å². The van der Waals surface area contributed by atoms with Crippen LogP contribution in [0.5, 0.6) is 0 Å². The molecule has 1 aromatic carbocycles. The third-order valence-electron chi connectivity index (χ3n) is 2.70. The number of aliphatic hydroxyl groups is 1. The standard InChI is InChI=1S/C13H17N3O/c14-13(10-17)6-7-16-9-12(8-15-16)11-4-2-1-3-5-11/h1-5,8-9,13,17H,6-7,10,14H2. The van der Waals surface area contributed by atoms with Crippen LogP contribution in [0.25, 0.3) is 11.1 Å². The van der Waals surface area contributed by atoms with E-state index in [1.807, 2.05) is 35.3 Å². The van der Waals surface area contributed by atoms with E-state index in [-0.39, 0.29) is 12.6 Å². The fourth-order valence-corrected chi connectivity index (χ4v) is 1.65. The van der Waals surface area contributed by atoms with E-state index in [2.05, 4.69) is 17.2 Å². The van der Waals surface area contributed by atoms with Gasteiger partial charge in [0.25, 0.3) is 0 Å². The smallest absolute Gasteiger partial charge is 0.0583 e. The maximum Gasteiger partial charge on any atom is 0.0583 e. The van der Waals surface area contributed by atoms with Crippen molar-refractivity contribution in [2.45, 2.75) is 19.0 Å². The van der Waals surface area contributed by atoms with Gasteiger partial charge in [-0.05, 0) is 12.0 Å². The Morgan fingerprint density at radius 2 is 2.00 bits per heavy atom. The van der Waals surface area contributed by atoms with Gasteiger partial charge in [0.1, 0.15) is 0 Å². The Bertz CT molecular complexity index is 453. The molecule has 1 unspecified atom stereocenters. The summed E-state index contributed by atoms with van der Waals surface area (Å²) < 4.78 is 1.86. The first-order valence-electron chi connectivity index (χ1n) is 5.74. The number of aryl methyl sites for hydroxylation is 1. The predicted molar refractivity (Wildman–Crippen MR) is 67.3 cm³/mol. The number of hydrogen-bond acceptors (Lipinski definition) is 3. The molecule has 1 aromatic heterocycles. The van der Waals surface area contributed by atoms with E-state index in [0.717, 1.165) is 24.1 Å². The molecule has 0 spiro atoms. The minimum absolute atomic E-state index is 0.0206. The van der Waals surface area contributed by atoms with E-state index >= 15 is 0 Å². The lowest BCUT2D eigenvalue weighted by atomic mass is 10.1. The molecule has 4 heteroatoms. The summed E-state index contributed by atoms with van der Waals surface area (Å²) in [5.41, 5.74) is 7.91. The van der Waals surface area contributed by atoms with Crippen molar-refractivity contribution in [2.24, 2.45) is 5.73 Å². The SMILES string of the molecule is NC(CO)CCn1cc(-c2ccccc2)cn1. The lowest BCUT2D eigenvalue weighted by Crippen LogP contribution is -2.25. The first-order chi connectivity index (χ1) is 8.29. The lowest BCUT2D eigenvalue weighted by molar-refractivity contribution is 0.255. The van der Waals surface area contributed by atoms with Crippen LogP contribution in [0.3, 0.4) is 0 Å². The number of hydrogen-bond donors (Lipinski definition) is 2. The van der Waals surface area contributed by atoms with Crippen LogP contribution in [0.1, 0.15) is 6.42 Å². The molecule has 0 aliphatic heterocycles. The van der Waals surface area contributed by atoms with Crippen LogP contribution in [0.15, 0.2) is 42.7 Å². The highest BCUT2D eigenvalue weighted by atomic mass is 16.3. The van der Waals surface area contributed by atoms with Crippen molar-refractivity contribution in [3.63, 3.8) is 0 Å². The average molecular weight is 231 g/mol. The van der Waals surface area contributed by atoms with Crippen molar-refractivity contribution in [2.75, 3.05) is 6.61 Å². The second-order valence-corrected chi connectivity index (χ2v) is 4.09. The van der Waals surface area contributed by atoms with Crippen molar-refractivity contribution in [1.82, 2.24) is 9.78 Å². The Labute approximate surface area is 101 Å². The molecule has 2 rings (SSSR count). The summed E-state index contributed by atoms with van der Waals surface area (Å²) in [4.78, 5) is 0. The van der Waals surface area contributed by atoms with Gasteiger partial charge in [-0.25, -0.2) is 0 Å². The second-order valence-electron chi connectivity index (χ2n) is 4.09. The molecule has 3 N–H and O–H groups in total. The largest absolute Gasteiger partial charge is 0.395 e. The summed E-state index contributed by atoms with van der Waals surface area (Å²) in [5.74, 6) is 0. The normalized spacial score (nSPS) is 12.6. The molecule has 0 bridgehead atoms. The molecule has 90 valence electrons. The molecule has 0 fully saturated rings. The summed E-state index contributed by atoms with van der Waals surface area (Å²) in [6.07, 6.45) is 4.58.